The van der Waals surface area contributed by atoms with Gasteiger partial charge in [-0.2, -0.15) is 0 Å². The van der Waals surface area contributed by atoms with Gasteiger partial charge in [0.15, 0.2) is 0 Å². The highest BCUT2D eigenvalue weighted by atomic mass is 16.5. The Morgan fingerprint density at radius 2 is 1.93 bits per heavy atom. The van der Waals surface area contributed by atoms with Gasteiger partial charge in [-0.3, -0.25) is 0 Å². The zero-order chi connectivity index (χ0) is 10.1. The van der Waals surface area contributed by atoms with Crippen LogP contribution in [0, 0.1) is 0 Å². The van der Waals surface area contributed by atoms with Crippen molar-refractivity contribution >= 4 is 0 Å². The van der Waals surface area contributed by atoms with Gasteiger partial charge in [0, 0.05) is 6.54 Å². The minimum absolute atomic E-state index is 0.703. The van der Waals surface area contributed by atoms with E-state index in [2.05, 4.69) is 5.32 Å². The SMILES string of the molecule is NCCCNCCOc1ccccc1. The van der Waals surface area contributed by atoms with Gasteiger partial charge in [0.25, 0.3) is 0 Å². The van der Waals surface area contributed by atoms with Crippen LogP contribution in [-0.2, 0) is 0 Å². The highest BCUT2D eigenvalue weighted by Crippen LogP contribution is 2.07. The summed E-state index contributed by atoms with van der Waals surface area (Å²) in [5.74, 6) is 0.924. The van der Waals surface area contributed by atoms with Crippen LogP contribution in [0.5, 0.6) is 5.75 Å². The highest BCUT2D eigenvalue weighted by molar-refractivity contribution is 5.20. The van der Waals surface area contributed by atoms with E-state index in [-0.39, 0.29) is 0 Å². The molecular weight excluding hydrogens is 176 g/mol. The Bertz CT molecular complexity index is 226. The van der Waals surface area contributed by atoms with Gasteiger partial charge in [-0.25, -0.2) is 0 Å². The first-order chi connectivity index (χ1) is 6.93. The lowest BCUT2D eigenvalue weighted by molar-refractivity contribution is 0.314. The molecule has 3 N–H and O–H groups in total. The Hall–Kier alpha value is -1.06. The zero-order valence-electron chi connectivity index (χ0n) is 8.41. The second-order valence-corrected chi connectivity index (χ2v) is 3.05. The summed E-state index contributed by atoms with van der Waals surface area (Å²) in [6, 6.07) is 9.83. The van der Waals surface area contributed by atoms with E-state index in [0.717, 1.165) is 31.8 Å². The molecule has 1 rings (SSSR count). The maximum absolute atomic E-state index is 5.49. The minimum atomic E-state index is 0.703. The van der Waals surface area contributed by atoms with E-state index in [1.807, 2.05) is 30.3 Å². The van der Waals surface area contributed by atoms with Crippen molar-refractivity contribution in [3.63, 3.8) is 0 Å². The molecule has 0 aliphatic carbocycles. The average molecular weight is 194 g/mol. The van der Waals surface area contributed by atoms with Crippen LogP contribution < -0.4 is 15.8 Å². The van der Waals surface area contributed by atoms with E-state index >= 15 is 0 Å². The molecule has 0 heterocycles. The third-order valence-electron chi connectivity index (χ3n) is 1.85. The molecule has 0 radical (unpaired) electrons. The Kier molecular flexibility index (Phi) is 5.79. The summed E-state index contributed by atoms with van der Waals surface area (Å²) in [6.07, 6.45) is 1.02. The lowest BCUT2D eigenvalue weighted by Gasteiger charge is -2.06. The third-order valence-corrected chi connectivity index (χ3v) is 1.85. The lowest BCUT2D eigenvalue weighted by Crippen LogP contribution is -2.23. The van der Waals surface area contributed by atoms with Crippen molar-refractivity contribution in [3.05, 3.63) is 30.3 Å². The quantitative estimate of drug-likeness (QED) is 0.637. The molecule has 3 heteroatoms. The molecule has 1 aromatic rings. The van der Waals surface area contributed by atoms with Gasteiger partial charge < -0.3 is 15.8 Å². The molecule has 0 aliphatic heterocycles. The van der Waals surface area contributed by atoms with E-state index in [0.29, 0.717) is 6.61 Å². The number of benzene rings is 1. The molecule has 0 bridgehead atoms. The maximum Gasteiger partial charge on any atom is 0.119 e. The van der Waals surface area contributed by atoms with Gasteiger partial charge >= 0.3 is 0 Å². The molecule has 0 amide bonds. The summed E-state index contributed by atoms with van der Waals surface area (Å²) < 4.78 is 5.49. The number of ether oxygens (including phenoxy) is 1. The monoisotopic (exact) mass is 194 g/mol. The fourth-order valence-corrected chi connectivity index (χ4v) is 1.11. The summed E-state index contributed by atoms with van der Waals surface area (Å²) in [6.45, 7) is 3.28. The number of nitrogens with two attached hydrogens (primary N) is 1. The van der Waals surface area contributed by atoms with Crippen LogP contribution in [0.3, 0.4) is 0 Å². The molecule has 0 saturated carbocycles. The molecule has 0 unspecified atom stereocenters. The molecule has 14 heavy (non-hydrogen) atoms. The van der Waals surface area contributed by atoms with Crippen molar-refractivity contribution in [2.45, 2.75) is 6.42 Å². The summed E-state index contributed by atoms with van der Waals surface area (Å²) in [7, 11) is 0. The van der Waals surface area contributed by atoms with Crippen LogP contribution in [-0.4, -0.2) is 26.2 Å². The van der Waals surface area contributed by atoms with Crippen LogP contribution in [0.15, 0.2) is 30.3 Å². The van der Waals surface area contributed by atoms with E-state index < -0.39 is 0 Å². The van der Waals surface area contributed by atoms with Crippen LogP contribution >= 0.6 is 0 Å². The third kappa shape index (κ3) is 4.84. The topological polar surface area (TPSA) is 47.3 Å². The van der Waals surface area contributed by atoms with Crippen molar-refractivity contribution in [3.8, 4) is 5.75 Å². The Labute approximate surface area is 85.3 Å². The largest absolute Gasteiger partial charge is 0.492 e. The van der Waals surface area contributed by atoms with Gasteiger partial charge in [0.05, 0.1) is 0 Å². The van der Waals surface area contributed by atoms with E-state index in [9.17, 15) is 0 Å². The van der Waals surface area contributed by atoms with Crippen molar-refractivity contribution in [2.75, 3.05) is 26.2 Å². The molecule has 0 saturated heterocycles. The van der Waals surface area contributed by atoms with Gasteiger partial charge in [-0.15, -0.1) is 0 Å². The predicted octanol–water partition coefficient (Wildman–Crippen LogP) is 1.00. The van der Waals surface area contributed by atoms with E-state index in [1.54, 1.807) is 0 Å². The second kappa shape index (κ2) is 7.35. The minimum Gasteiger partial charge on any atom is -0.492 e. The summed E-state index contributed by atoms with van der Waals surface area (Å²) in [4.78, 5) is 0. The Balaban J connectivity index is 1.99. The van der Waals surface area contributed by atoms with Crippen LogP contribution in [0.4, 0.5) is 0 Å². The lowest BCUT2D eigenvalue weighted by atomic mass is 10.3. The summed E-state index contributed by atoms with van der Waals surface area (Å²) in [5.41, 5.74) is 5.36. The first-order valence-electron chi connectivity index (χ1n) is 5.02. The van der Waals surface area contributed by atoms with Crippen molar-refractivity contribution < 1.29 is 4.74 Å². The maximum atomic E-state index is 5.49. The van der Waals surface area contributed by atoms with Gasteiger partial charge in [0.2, 0.25) is 0 Å². The number of para-hydroxylation sites is 1. The van der Waals surface area contributed by atoms with Crippen molar-refractivity contribution in [2.24, 2.45) is 5.73 Å². The number of hydrogen-bond donors (Lipinski definition) is 2. The average Bonchev–Trinajstić information content (AvgIpc) is 2.25. The van der Waals surface area contributed by atoms with Crippen molar-refractivity contribution in [1.82, 2.24) is 5.32 Å². The van der Waals surface area contributed by atoms with E-state index in [4.69, 9.17) is 10.5 Å². The van der Waals surface area contributed by atoms with Crippen LogP contribution in [0.1, 0.15) is 6.42 Å². The number of nitrogens with one attached hydrogen (secondary N) is 1. The fraction of sp³-hybridized carbons (Fsp3) is 0.455. The highest BCUT2D eigenvalue weighted by Gasteiger charge is 1.90. The molecular formula is C11H18N2O. The molecule has 0 fully saturated rings. The van der Waals surface area contributed by atoms with E-state index in [1.165, 1.54) is 0 Å². The predicted molar refractivity (Wildman–Crippen MR) is 58.5 cm³/mol. The summed E-state index contributed by atoms with van der Waals surface area (Å²) in [5, 5.41) is 3.25. The molecule has 3 nitrogen and oxygen atoms in total. The fourth-order valence-electron chi connectivity index (χ4n) is 1.11. The molecule has 0 atom stereocenters. The first kappa shape index (κ1) is 11.0. The molecule has 78 valence electrons. The first-order valence-corrected chi connectivity index (χ1v) is 5.02. The number of hydrogen-bond acceptors (Lipinski definition) is 3. The van der Waals surface area contributed by atoms with Gasteiger partial charge in [0.1, 0.15) is 12.4 Å². The van der Waals surface area contributed by atoms with Crippen LogP contribution in [0.2, 0.25) is 0 Å². The molecule has 0 aromatic heterocycles. The Morgan fingerprint density at radius 1 is 1.14 bits per heavy atom. The smallest absolute Gasteiger partial charge is 0.119 e. The summed E-state index contributed by atoms with van der Waals surface area (Å²) >= 11 is 0. The number of rotatable bonds is 7. The molecule has 0 spiro atoms. The van der Waals surface area contributed by atoms with Crippen molar-refractivity contribution in [1.29, 1.82) is 0 Å². The van der Waals surface area contributed by atoms with Gasteiger partial charge in [-0.05, 0) is 31.6 Å². The van der Waals surface area contributed by atoms with Gasteiger partial charge in [-0.1, -0.05) is 18.2 Å². The molecule has 0 aliphatic rings. The van der Waals surface area contributed by atoms with Crippen LogP contribution in [0.25, 0.3) is 0 Å². The zero-order valence-corrected chi connectivity index (χ0v) is 8.41. The molecule has 1 aromatic carbocycles. The normalized spacial score (nSPS) is 10.1. The standard InChI is InChI=1S/C11H18N2O/c12-7-4-8-13-9-10-14-11-5-2-1-3-6-11/h1-3,5-6,13H,4,7-10,12H2. The second-order valence-electron chi connectivity index (χ2n) is 3.05. The Morgan fingerprint density at radius 3 is 2.64 bits per heavy atom.